The molecular formula is C12H14BrNO4. The van der Waals surface area contributed by atoms with E-state index < -0.39 is 11.0 Å². The van der Waals surface area contributed by atoms with Gasteiger partial charge in [-0.05, 0) is 37.8 Å². The fourth-order valence-corrected chi connectivity index (χ4v) is 2.76. The van der Waals surface area contributed by atoms with Crippen molar-refractivity contribution in [2.24, 2.45) is 0 Å². The van der Waals surface area contributed by atoms with Crippen LogP contribution in [0.3, 0.4) is 0 Å². The molecule has 0 heterocycles. The predicted molar refractivity (Wildman–Crippen MR) is 69.8 cm³/mol. The number of nitro groups is 1. The summed E-state index contributed by atoms with van der Waals surface area (Å²) in [7, 11) is 0. The number of hydrogen-bond donors (Lipinski definition) is 1. The summed E-state index contributed by atoms with van der Waals surface area (Å²) in [5.41, 5.74) is 0.621. The molecule has 1 aromatic carbocycles. The van der Waals surface area contributed by atoms with E-state index in [1.54, 1.807) is 13.0 Å². The second kappa shape index (κ2) is 5.24. The molecule has 0 saturated heterocycles. The van der Waals surface area contributed by atoms with E-state index in [9.17, 15) is 15.2 Å². The Hall–Kier alpha value is -1.14. The van der Waals surface area contributed by atoms with Crippen molar-refractivity contribution in [2.75, 3.05) is 0 Å². The Morgan fingerprint density at radius 3 is 2.78 bits per heavy atom. The Balaban J connectivity index is 2.33. The fourth-order valence-electron chi connectivity index (χ4n) is 2.20. The predicted octanol–water partition coefficient (Wildman–Crippen LogP) is 2.96. The fraction of sp³-hybridized carbons (Fsp3) is 0.500. The molecule has 98 valence electrons. The van der Waals surface area contributed by atoms with Gasteiger partial charge in [0.15, 0.2) is 0 Å². The van der Waals surface area contributed by atoms with Crippen LogP contribution in [-0.4, -0.2) is 22.2 Å². The quantitative estimate of drug-likeness (QED) is 0.687. The van der Waals surface area contributed by atoms with E-state index in [2.05, 4.69) is 15.9 Å². The summed E-state index contributed by atoms with van der Waals surface area (Å²) in [5, 5.41) is 20.7. The van der Waals surface area contributed by atoms with E-state index in [1.807, 2.05) is 0 Å². The molecule has 5 nitrogen and oxygen atoms in total. The van der Waals surface area contributed by atoms with Crippen LogP contribution >= 0.6 is 15.9 Å². The number of aliphatic hydroxyl groups excluding tert-OH is 1. The molecule has 1 aliphatic carbocycles. The largest absolute Gasteiger partial charge is 0.481 e. The monoisotopic (exact) mass is 315 g/mol. The maximum atomic E-state index is 11.0. The van der Waals surface area contributed by atoms with E-state index in [1.165, 1.54) is 6.07 Å². The number of aliphatic hydroxyl groups is 1. The minimum absolute atomic E-state index is 0.0685. The van der Waals surface area contributed by atoms with E-state index in [0.717, 1.165) is 12.8 Å². The zero-order chi connectivity index (χ0) is 13.3. The van der Waals surface area contributed by atoms with Crippen molar-refractivity contribution in [3.8, 4) is 5.75 Å². The third-order valence-electron chi connectivity index (χ3n) is 3.10. The lowest BCUT2D eigenvalue weighted by Crippen LogP contribution is -2.26. The Kier molecular flexibility index (Phi) is 3.87. The first-order valence-corrected chi connectivity index (χ1v) is 6.57. The smallest absolute Gasteiger partial charge is 0.312 e. The summed E-state index contributed by atoms with van der Waals surface area (Å²) in [6, 6.07) is 3.19. The van der Waals surface area contributed by atoms with Crippen molar-refractivity contribution in [1.29, 1.82) is 0 Å². The molecule has 0 radical (unpaired) electrons. The highest BCUT2D eigenvalue weighted by atomic mass is 79.9. The van der Waals surface area contributed by atoms with Crippen LogP contribution in [0.2, 0.25) is 0 Å². The van der Waals surface area contributed by atoms with Gasteiger partial charge in [0.25, 0.3) is 0 Å². The highest BCUT2D eigenvalue weighted by Gasteiger charge is 2.30. The minimum Gasteiger partial charge on any atom is -0.481 e. The average Bonchev–Trinajstić information content (AvgIpc) is 2.67. The lowest BCUT2D eigenvalue weighted by molar-refractivity contribution is -0.386. The van der Waals surface area contributed by atoms with Gasteiger partial charge in [-0.15, -0.1) is 0 Å². The molecule has 2 atom stereocenters. The SMILES string of the molecule is Cc1cc(Br)cc([N+](=O)[O-])c1O[C@@H]1CCC[C@H]1O. The van der Waals surface area contributed by atoms with Crippen LogP contribution in [0, 0.1) is 17.0 Å². The Morgan fingerprint density at radius 2 is 2.22 bits per heavy atom. The van der Waals surface area contributed by atoms with Crippen LogP contribution in [0.5, 0.6) is 5.75 Å². The van der Waals surface area contributed by atoms with Gasteiger partial charge in [-0.25, -0.2) is 0 Å². The van der Waals surface area contributed by atoms with Crippen molar-refractivity contribution in [3.05, 3.63) is 32.3 Å². The third kappa shape index (κ3) is 2.64. The van der Waals surface area contributed by atoms with Crippen molar-refractivity contribution >= 4 is 21.6 Å². The lowest BCUT2D eigenvalue weighted by Gasteiger charge is -2.18. The van der Waals surface area contributed by atoms with Gasteiger partial charge >= 0.3 is 5.69 Å². The molecule has 18 heavy (non-hydrogen) atoms. The number of nitrogens with zero attached hydrogens (tertiary/aromatic N) is 1. The second-order valence-corrected chi connectivity index (χ2v) is 5.40. The maximum Gasteiger partial charge on any atom is 0.312 e. The van der Waals surface area contributed by atoms with Gasteiger partial charge in [0.2, 0.25) is 5.75 Å². The van der Waals surface area contributed by atoms with E-state index in [-0.39, 0.29) is 17.5 Å². The zero-order valence-corrected chi connectivity index (χ0v) is 11.5. The first-order valence-electron chi connectivity index (χ1n) is 5.78. The average molecular weight is 316 g/mol. The summed E-state index contributed by atoms with van der Waals surface area (Å²) >= 11 is 3.23. The number of benzene rings is 1. The van der Waals surface area contributed by atoms with Gasteiger partial charge in [0, 0.05) is 10.5 Å². The van der Waals surface area contributed by atoms with Gasteiger partial charge in [-0.3, -0.25) is 10.1 Å². The molecule has 2 rings (SSSR count). The molecule has 0 unspecified atom stereocenters. The van der Waals surface area contributed by atoms with Crippen LogP contribution in [0.4, 0.5) is 5.69 Å². The van der Waals surface area contributed by atoms with E-state index >= 15 is 0 Å². The topological polar surface area (TPSA) is 72.6 Å². The van der Waals surface area contributed by atoms with Gasteiger partial charge < -0.3 is 9.84 Å². The van der Waals surface area contributed by atoms with E-state index in [4.69, 9.17) is 4.74 Å². The number of ether oxygens (including phenoxy) is 1. The van der Waals surface area contributed by atoms with Crippen LogP contribution < -0.4 is 4.74 Å². The van der Waals surface area contributed by atoms with Gasteiger partial charge in [-0.2, -0.15) is 0 Å². The number of rotatable bonds is 3. The molecule has 0 aromatic heterocycles. The zero-order valence-electron chi connectivity index (χ0n) is 9.93. The van der Waals surface area contributed by atoms with Gasteiger partial charge in [-0.1, -0.05) is 15.9 Å². The van der Waals surface area contributed by atoms with Crippen LogP contribution in [-0.2, 0) is 0 Å². The summed E-state index contributed by atoms with van der Waals surface area (Å²) in [6.45, 7) is 1.76. The van der Waals surface area contributed by atoms with Crippen molar-refractivity contribution in [1.82, 2.24) is 0 Å². The molecule has 1 N–H and O–H groups in total. The van der Waals surface area contributed by atoms with E-state index in [0.29, 0.717) is 16.5 Å². The van der Waals surface area contributed by atoms with Crippen molar-refractivity contribution in [2.45, 2.75) is 38.4 Å². The first kappa shape index (κ1) is 13.3. The molecule has 0 bridgehead atoms. The molecule has 1 aliphatic rings. The first-order chi connectivity index (χ1) is 8.49. The molecule has 1 aromatic rings. The second-order valence-electron chi connectivity index (χ2n) is 4.48. The lowest BCUT2D eigenvalue weighted by atomic mass is 10.2. The molecule has 6 heteroatoms. The molecule has 0 aliphatic heterocycles. The van der Waals surface area contributed by atoms with Crippen LogP contribution in [0.1, 0.15) is 24.8 Å². The summed E-state index contributed by atoms with van der Waals surface area (Å²) < 4.78 is 6.30. The molecule has 0 amide bonds. The number of nitro benzene ring substituents is 1. The third-order valence-corrected chi connectivity index (χ3v) is 3.56. The molecule has 1 saturated carbocycles. The van der Waals surface area contributed by atoms with Gasteiger partial charge in [0.1, 0.15) is 6.10 Å². The minimum atomic E-state index is -0.535. The summed E-state index contributed by atoms with van der Waals surface area (Å²) in [6.07, 6.45) is 1.42. The Labute approximate surface area is 113 Å². The molecular weight excluding hydrogens is 302 g/mol. The van der Waals surface area contributed by atoms with Crippen molar-refractivity contribution in [3.63, 3.8) is 0 Å². The van der Waals surface area contributed by atoms with Gasteiger partial charge in [0.05, 0.1) is 11.0 Å². The summed E-state index contributed by atoms with van der Waals surface area (Å²) in [4.78, 5) is 10.6. The Bertz CT molecular complexity index is 477. The molecule has 1 fully saturated rings. The standard InChI is InChI=1S/C12H14BrNO4/c1-7-5-8(13)6-9(14(16)17)12(7)18-11-4-2-3-10(11)15/h5-6,10-11,15H,2-4H2,1H3/t10-,11-/m1/s1. The van der Waals surface area contributed by atoms with Crippen molar-refractivity contribution < 1.29 is 14.8 Å². The highest BCUT2D eigenvalue weighted by Crippen LogP contribution is 2.36. The van der Waals surface area contributed by atoms with Crippen LogP contribution in [0.15, 0.2) is 16.6 Å². The number of aryl methyl sites for hydroxylation is 1. The summed E-state index contributed by atoms with van der Waals surface area (Å²) in [5.74, 6) is 0.258. The number of halogens is 1. The maximum absolute atomic E-state index is 11.0. The molecule has 0 spiro atoms. The highest BCUT2D eigenvalue weighted by molar-refractivity contribution is 9.10. The Morgan fingerprint density at radius 1 is 1.50 bits per heavy atom. The normalized spacial score (nSPS) is 23.1. The number of hydrogen-bond acceptors (Lipinski definition) is 4. The van der Waals surface area contributed by atoms with Crippen LogP contribution in [0.25, 0.3) is 0 Å².